The van der Waals surface area contributed by atoms with Gasteiger partial charge in [0, 0.05) is 11.7 Å². The van der Waals surface area contributed by atoms with Gasteiger partial charge in [-0.2, -0.15) is 0 Å². The van der Waals surface area contributed by atoms with Crippen molar-refractivity contribution in [2.24, 2.45) is 23.2 Å². The first-order chi connectivity index (χ1) is 11.1. The number of nitrogens with one attached hydrogen (secondary N) is 1. The Balaban J connectivity index is 1.41. The Bertz CT molecular complexity index is 581. The van der Waals surface area contributed by atoms with Gasteiger partial charge in [0.25, 0.3) is 0 Å². The average molecular weight is 309 g/mol. The van der Waals surface area contributed by atoms with E-state index in [0.29, 0.717) is 11.3 Å². The first-order valence-electron chi connectivity index (χ1n) is 10.0. The highest BCUT2D eigenvalue weighted by Gasteiger charge is 2.55. The molecule has 23 heavy (non-hydrogen) atoms. The molecule has 0 spiro atoms. The summed E-state index contributed by atoms with van der Waals surface area (Å²) >= 11 is 0. The van der Waals surface area contributed by atoms with E-state index in [2.05, 4.69) is 37.4 Å². The summed E-state index contributed by atoms with van der Waals surface area (Å²) in [5, 5.41) is 3.98. The highest BCUT2D eigenvalue weighted by atomic mass is 15.0. The highest BCUT2D eigenvalue weighted by molar-refractivity contribution is 5.59. The van der Waals surface area contributed by atoms with E-state index in [1.54, 1.807) is 30.4 Å². The van der Waals surface area contributed by atoms with E-state index in [9.17, 15) is 0 Å². The van der Waals surface area contributed by atoms with Gasteiger partial charge < -0.3 is 5.32 Å². The van der Waals surface area contributed by atoms with Gasteiger partial charge in [-0.3, -0.25) is 0 Å². The van der Waals surface area contributed by atoms with Gasteiger partial charge in [-0.25, -0.2) is 0 Å². The van der Waals surface area contributed by atoms with Crippen LogP contribution < -0.4 is 5.32 Å². The SMILES string of the molecule is CCC(C)c1ccc2c(c1)CC(C13CC4CC(CC(C4)C1)C3)N2. The quantitative estimate of drug-likeness (QED) is 0.749. The summed E-state index contributed by atoms with van der Waals surface area (Å²) < 4.78 is 0. The summed E-state index contributed by atoms with van der Waals surface area (Å²) in [6.45, 7) is 4.66. The predicted octanol–water partition coefficient (Wildman–Crippen LogP) is 5.75. The van der Waals surface area contributed by atoms with E-state index in [-0.39, 0.29) is 0 Å². The Morgan fingerprint density at radius 2 is 1.74 bits per heavy atom. The smallest absolute Gasteiger partial charge is 0.0376 e. The maximum atomic E-state index is 3.98. The number of rotatable bonds is 3. The second-order valence-corrected chi connectivity index (χ2v) is 9.41. The molecule has 1 aromatic rings. The van der Waals surface area contributed by atoms with Gasteiger partial charge in [0.1, 0.15) is 0 Å². The molecule has 0 aromatic heterocycles. The minimum Gasteiger partial charge on any atom is -0.381 e. The largest absolute Gasteiger partial charge is 0.381 e. The second-order valence-electron chi connectivity index (χ2n) is 9.41. The zero-order valence-electron chi connectivity index (χ0n) is 14.8. The van der Waals surface area contributed by atoms with Crippen molar-refractivity contribution in [3.05, 3.63) is 29.3 Å². The summed E-state index contributed by atoms with van der Waals surface area (Å²) in [6.07, 6.45) is 11.7. The molecule has 4 bridgehead atoms. The number of benzene rings is 1. The molecule has 0 amide bonds. The van der Waals surface area contributed by atoms with Crippen molar-refractivity contribution in [1.29, 1.82) is 0 Å². The number of hydrogen-bond acceptors (Lipinski definition) is 1. The van der Waals surface area contributed by atoms with Crippen LogP contribution in [0.15, 0.2) is 18.2 Å². The van der Waals surface area contributed by atoms with Gasteiger partial charge in [-0.15, -0.1) is 0 Å². The van der Waals surface area contributed by atoms with Crippen LogP contribution >= 0.6 is 0 Å². The number of anilines is 1. The molecule has 2 unspecified atom stereocenters. The van der Waals surface area contributed by atoms with Crippen molar-refractivity contribution < 1.29 is 0 Å². The van der Waals surface area contributed by atoms with Gasteiger partial charge in [-0.05, 0) is 97.6 Å². The maximum Gasteiger partial charge on any atom is 0.0376 e. The molecule has 1 nitrogen and oxygen atoms in total. The number of hydrogen-bond donors (Lipinski definition) is 1. The summed E-state index contributed by atoms with van der Waals surface area (Å²) in [6, 6.07) is 7.97. The van der Waals surface area contributed by atoms with Crippen LogP contribution in [0.5, 0.6) is 0 Å². The first kappa shape index (κ1) is 14.4. The normalized spacial score (nSPS) is 41.7. The lowest BCUT2D eigenvalue weighted by atomic mass is 9.47. The van der Waals surface area contributed by atoms with Crippen molar-refractivity contribution in [3.8, 4) is 0 Å². The van der Waals surface area contributed by atoms with E-state index in [4.69, 9.17) is 0 Å². The third-order valence-electron chi connectivity index (χ3n) is 7.89. The molecular weight excluding hydrogens is 278 g/mol. The van der Waals surface area contributed by atoms with Crippen LogP contribution in [-0.2, 0) is 6.42 Å². The minimum atomic E-state index is 0.629. The van der Waals surface area contributed by atoms with E-state index in [0.717, 1.165) is 23.8 Å². The van der Waals surface area contributed by atoms with E-state index in [1.165, 1.54) is 37.8 Å². The zero-order valence-corrected chi connectivity index (χ0v) is 14.8. The highest BCUT2D eigenvalue weighted by Crippen LogP contribution is 2.62. The fraction of sp³-hybridized carbons (Fsp3) is 0.727. The third kappa shape index (κ3) is 2.18. The zero-order chi connectivity index (χ0) is 15.6. The molecule has 0 saturated heterocycles. The van der Waals surface area contributed by atoms with Crippen molar-refractivity contribution >= 4 is 5.69 Å². The van der Waals surface area contributed by atoms with Crippen LogP contribution in [0, 0.1) is 23.2 Å². The molecule has 2 atom stereocenters. The van der Waals surface area contributed by atoms with Gasteiger partial charge in [0.2, 0.25) is 0 Å². The lowest BCUT2D eigenvalue weighted by Gasteiger charge is -2.59. The number of fused-ring (bicyclic) bond motifs is 1. The summed E-state index contributed by atoms with van der Waals surface area (Å²) in [5.41, 5.74) is 5.21. The van der Waals surface area contributed by atoms with Gasteiger partial charge in [-0.1, -0.05) is 26.0 Å². The lowest BCUT2D eigenvalue weighted by molar-refractivity contribution is -0.0619. The molecule has 4 saturated carbocycles. The van der Waals surface area contributed by atoms with Crippen molar-refractivity contribution in [3.63, 3.8) is 0 Å². The van der Waals surface area contributed by atoms with Gasteiger partial charge in [0.05, 0.1) is 0 Å². The molecule has 1 aromatic carbocycles. The van der Waals surface area contributed by atoms with Crippen LogP contribution in [0.4, 0.5) is 5.69 Å². The second kappa shape index (κ2) is 5.01. The maximum absolute atomic E-state index is 3.98. The Kier molecular flexibility index (Phi) is 3.13. The van der Waals surface area contributed by atoms with Crippen molar-refractivity contribution in [1.82, 2.24) is 0 Å². The monoisotopic (exact) mass is 309 g/mol. The van der Waals surface area contributed by atoms with Crippen LogP contribution in [0.2, 0.25) is 0 Å². The van der Waals surface area contributed by atoms with Crippen LogP contribution in [0.25, 0.3) is 0 Å². The molecule has 1 N–H and O–H groups in total. The summed E-state index contributed by atoms with van der Waals surface area (Å²) in [4.78, 5) is 0. The Morgan fingerprint density at radius 1 is 1.09 bits per heavy atom. The van der Waals surface area contributed by atoms with E-state index < -0.39 is 0 Å². The molecule has 1 heterocycles. The first-order valence-corrected chi connectivity index (χ1v) is 10.0. The van der Waals surface area contributed by atoms with Crippen molar-refractivity contribution in [2.75, 3.05) is 5.32 Å². The molecule has 0 radical (unpaired) electrons. The molecule has 4 aliphatic carbocycles. The molecule has 4 fully saturated rings. The van der Waals surface area contributed by atoms with Crippen LogP contribution in [0.3, 0.4) is 0 Å². The van der Waals surface area contributed by atoms with Gasteiger partial charge >= 0.3 is 0 Å². The molecule has 5 aliphatic rings. The Hall–Kier alpha value is -0.980. The Morgan fingerprint density at radius 3 is 2.35 bits per heavy atom. The van der Waals surface area contributed by atoms with Crippen molar-refractivity contribution in [2.45, 2.75) is 77.2 Å². The van der Waals surface area contributed by atoms with Gasteiger partial charge in [0.15, 0.2) is 0 Å². The average Bonchev–Trinajstić information content (AvgIpc) is 2.96. The van der Waals surface area contributed by atoms with Crippen LogP contribution in [0.1, 0.15) is 75.8 Å². The Labute approximate surface area is 141 Å². The minimum absolute atomic E-state index is 0.629. The fourth-order valence-electron chi connectivity index (χ4n) is 6.90. The molecule has 124 valence electrons. The van der Waals surface area contributed by atoms with Crippen LogP contribution in [-0.4, -0.2) is 6.04 Å². The molecule has 1 aliphatic heterocycles. The third-order valence-corrected chi connectivity index (χ3v) is 7.89. The topological polar surface area (TPSA) is 12.0 Å². The van der Waals surface area contributed by atoms with E-state index >= 15 is 0 Å². The molecule has 1 heteroatoms. The predicted molar refractivity (Wildman–Crippen MR) is 96.9 cm³/mol. The molecular formula is C22H31N. The molecule has 6 rings (SSSR count). The fourth-order valence-corrected chi connectivity index (χ4v) is 6.90. The summed E-state index contributed by atoms with van der Waals surface area (Å²) in [7, 11) is 0. The summed E-state index contributed by atoms with van der Waals surface area (Å²) in [5.74, 6) is 3.87. The lowest BCUT2D eigenvalue weighted by Crippen LogP contribution is -2.53. The van der Waals surface area contributed by atoms with E-state index in [1.807, 2.05) is 0 Å². The standard InChI is InChI=1S/C22H31N/c1-3-14(2)18-4-5-20-19(9-18)10-21(23-20)22-11-15-6-16(12-22)8-17(7-15)13-22/h4-5,9,14-17,21,23H,3,6-8,10-13H2,1-2H3.